The molecule has 0 aliphatic carbocycles. The highest BCUT2D eigenvalue weighted by Crippen LogP contribution is 2.24. The summed E-state index contributed by atoms with van der Waals surface area (Å²) >= 11 is 6.26. The van der Waals surface area contributed by atoms with Crippen LogP contribution in [0.1, 0.15) is 5.56 Å². The number of para-hydroxylation sites is 1. The van der Waals surface area contributed by atoms with Crippen LogP contribution in [0.15, 0.2) is 42.5 Å². The molecule has 90 valence electrons. The van der Waals surface area contributed by atoms with E-state index in [1.54, 1.807) is 4.68 Å². The van der Waals surface area contributed by atoms with E-state index < -0.39 is 0 Å². The van der Waals surface area contributed by atoms with Crippen molar-refractivity contribution in [2.75, 3.05) is 0 Å². The molecular formula is C13H11ClN4. The van der Waals surface area contributed by atoms with E-state index in [9.17, 15) is 0 Å². The van der Waals surface area contributed by atoms with E-state index in [-0.39, 0.29) is 0 Å². The molecule has 0 aliphatic heterocycles. The zero-order chi connectivity index (χ0) is 12.5. The Morgan fingerprint density at radius 3 is 2.78 bits per heavy atom. The number of halogens is 1. The van der Waals surface area contributed by atoms with Crippen LogP contribution in [0.5, 0.6) is 0 Å². The highest BCUT2D eigenvalue weighted by Gasteiger charge is 2.09. The Morgan fingerprint density at radius 1 is 1.17 bits per heavy atom. The fourth-order valence-corrected chi connectivity index (χ4v) is 2.18. The van der Waals surface area contributed by atoms with Crippen LogP contribution in [0.4, 0.5) is 0 Å². The minimum absolute atomic E-state index is 0.470. The quantitative estimate of drug-likeness (QED) is 0.768. The molecule has 2 N–H and O–H groups in total. The van der Waals surface area contributed by atoms with Gasteiger partial charge in [-0.2, -0.15) is 0 Å². The molecule has 1 aromatic heterocycles. The summed E-state index contributed by atoms with van der Waals surface area (Å²) in [5.74, 6) is 0. The van der Waals surface area contributed by atoms with Crippen LogP contribution >= 0.6 is 11.6 Å². The van der Waals surface area contributed by atoms with E-state index in [0.717, 1.165) is 22.3 Å². The first-order valence-corrected chi connectivity index (χ1v) is 5.96. The van der Waals surface area contributed by atoms with Crippen LogP contribution in [-0.4, -0.2) is 15.0 Å². The predicted molar refractivity (Wildman–Crippen MR) is 71.8 cm³/mol. The summed E-state index contributed by atoms with van der Waals surface area (Å²) in [6.07, 6.45) is 0. The van der Waals surface area contributed by atoms with Gasteiger partial charge in [0.05, 0.1) is 16.2 Å². The van der Waals surface area contributed by atoms with Crippen LogP contribution in [0.2, 0.25) is 5.02 Å². The van der Waals surface area contributed by atoms with Crippen molar-refractivity contribution in [3.05, 3.63) is 53.1 Å². The van der Waals surface area contributed by atoms with Gasteiger partial charge in [0, 0.05) is 6.54 Å². The second kappa shape index (κ2) is 4.40. The second-order valence-electron chi connectivity index (χ2n) is 3.98. The van der Waals surface area contributed by atoms with Gasteiger partial charge in [0.1, 0.15) is 5.52 Å². The molecule has 4 nitrogen and oxygen atoms in total. The van der Waals surface area contributed by atoms with Gasteiger partial charge >= 0.3 is 0 Å². The number of hydrogen-bond acceptors (Lipinski definition) is 3. The smallest absolute Gasteiger partial charge is 0.113 e. The van der Waals surface area contributed by atoms with Crippen LogP contribution in [0.25, 0.3) is 16.7 Å². The lowest BCUT2D eigenvalue weighted by Gasteiger charge is -2.06. The lowest BCUT2D eigenvalue weighted by Crippen LogP contribution is -2.00. The van der Waals surface area contributed by atoms with E-state index in [2.05, 4.69) is 10.3 Å². The van der Waals surface area contributed by atoms with Crippen molar-refractivity contribution < 1.29 is 0 Å². The zero-order valence-electron chi connectivity index (χ0n) is 9.55. The zero-order valence-corrected chi connectivity index (χ0v) is 10.3. The Bertz CT molecular complexity index is 705. The molecule has 0 saturated carbocycles. The summed E-state index contributed by atoms with van der Waals surface area (Å²) in [6.45, 7) is 0.470. The van der Waals surface area contributed by atoms with Gasteiger partial charge in [-0.1, -0.05) is 35.0 Å². The number of aromatic nitrogens is 3. The van der Waals surface area contributed by atoms with Crippen LogP contribution < -0.4 is 5.73 Å². The number of benzene rings is 2. The van der Waals surface area contributed by atoms with Gasteiger partial charge in [-0.3, -0.25) is 0 Å². The van der Waals surface area contributed by atoms with Crippen molar-refractivity contribution >= 4 is 22.6 Å². The Kier molecular flexibility index (Phi) is 2.74. The molecule has 0 amide bonds. The summed E-state index contributed by atoms with van der Waals surface area (Å²) in [5.41, 5.74) is 9.16. The Hall–Kier alpha value is -1.91. The molecule has 0 fully saturated rings. The summed E-state index contributed by atoms with van der Waals surface area (Å²) in [6, 6.07) is 13.5. The van der Waals surface area contributed by atoms with E-state index in [1.165, 1.54) is 0 Å². The van der Waals surface area contributed by atoms with Crippen molar-refractivity contribution in [1.82, 2.24) is 15.0 Å². The maximum absolute atomic E-state index is 6.26. The molecule has 3 aromatic rings. The van der Waals surface area contributed by atoms with Crippen LogP contribution in [0, 0.1) is 0 Å². The van der Waals surface area contributed by atoms with Gasteiger partial charge in [-0.25, -0.2) is 4.68 Å². The molecule has 18 heavy (non-hydrogen) atoms. The lowest BCUT2D eigenvalue weighted by molar-refractivity contribution is 0.823. The summed E-state index contributed by atoms with van der Waals surface area (Å²) in [4.78, 5) is 0. The van der Waals surface area contributed by atoms with E-state index in [0.29, 0.717) is 11.6 Å². The Balaban J connectivity index is 2.20. The van der Waals surface area contributed by atoms with E-state index in [4.69, 9.17) is 17.3 Å². The SMILES string of the molecule is NCc1ccc(-n2nnc3ccccc32)c(Cl)c1. The monoisotopic (exact) mass is 258 g/mol. The lowest BCUT2D eigenvalue weighted by atomic mass is 10.2. The largest absolute Gasteiger partial charge is 0.326 e. The first-order valence-electron chi connectivity index (χ1n) is 5.59. The Morgan fingerprint density at radius 2 is 2.00 bits per heavy atom. The second-order valence-corrected chi connectivity index (χ2v) is 4.39. The number of nitrogens with zero attached hydrogens (tertiary/aromatic N) is 3. The average molecular weight is 259 g/mol. The number of nitrogens with two attached hydrogens (primary N) is 1. The third-order valence-electron chi connectivity index (χ3n) is 2.83. The molecule has 0 saturated heterocycles. The Labute approximate surface area is 109 Å². The van der Waals surface area contributed by atoms with Crippen LogP contribution in [0.3, 0.4) is 0 Å². The molecule has 0 bridgehead atoms. The molecule has 0 unspecified atom stereocenters. The number of hydrogen-bond donors (Lipinski definition) is 1. The molecule has 0 atom stereocenters. The van der Waals surface area contributed by atoms with E-state index >= 15 is 0 Å². The summed E-state index contributed by atoms with van der Waals surface area (Å²) in [7, 11) is 0. The minimum Gasteiger partial charge on any atom is -0.326 e. The first kappa shape index (κ1) is 11.2. The molecule has 0 aliphatic rings. The molecule has 1 heterocycles. The fourth-order valence-electron chi connectivity index (χ4n) is 1.90. The highest BCUT2D eigenvalue weighted by molar-refractivity contribution is 6.32. The first-order chi connectivity index (χ1) is 8.79. The van der Waals surface area contributed by atoms with Crippen molar-refractivity contribution in [2.24, 2.45) is 5.73 Å². The van der Waals surface area contributed by atoms with Crippen LogP contribution in [-0.2, 0) is 6.54 Å². The van der Waals surface area contributed by atoms with Gasteiger partial charge in [0.2, 0.25) is 0 Å². The molecular weight excluding hydrogens is 248 g/mol. The highest BCUT2D eigenvalue weighted by atomic mass is 35.5. The average Bonchev–Trinajstić information content (AvgIpc) is 2.82. The van der Waals surface area contributed by atoms with Gasteiger partial charge in [-0.05, 0) is 29.8 Å². The predicted octanol–water partition coefficient (Wildman–Crippen LogP) is 2.53. The molecule has 5 heteroatoms. The minimum atomic E-state index is 0.470. The summed E-state index contributed by atoms with van der Waals surface area (Å²) in [5, 5.41) is 8.86. The molecule has 0 radical (unpaired) electrons. The van der Waals surface area contributed by atoms with Crippen molar-refractivity contribution in [1.29, 1.82) is 0 Å². The molecule has 2 aromatic carbocycles. The molecule has 3 rings (SSSR count). The third kappa shape index (κ3) is 1.75. The van der Waals surface area contributed by atoms with Gasteiger partial charge < -0.3 is 5.73 Å². The van der Waals surface area contributed by atoms with Gasteiger partial charge in [0.25, 0.3) is 0 Å². The third-order valence-corrected chi connectivity index (χ3v) is 3.13. The number of fused-ring (bicyclic) bond motifs is 1. The van der Waals surface area contributed by atoms with Crippen molar-refractivity contribution in [2.45, 2.75) is 6.54 Å². The standard InChI is InChI=1S/C13H11ClN4/c14-10-7-9(8-15)5-6-12(10)18-13-4-2-1-3-11(13)16-17-18/h1-7H,8,15H2. The van der Waals surface area contributed by atoms with Crippen molar-refractivity contribution in [3.63, 3.8) is 0 Å². The number of rotatable bonds is 2. The van der Waals surface area contributed by atoms with E-state index in [1.807, 2.05) is 42.5 Å². The van der Waals surface area contributed by atoms with Crippen molar-refractivity contribution in [3.8, 4) is 5.69 Å². The van der Waals surface area contributed by atoms with Gasteiger partial charge in [0.15, 0.2) is 0 Å². The topological polar surface area (TPSA) is 56.7 Å². The maximum atomic E-state index is 6.26. The summed E-state index contributed by atoms with van der Waals surface area (Å²) < 4.78 is 1.73. The molecule has 0 spiro atoms. The maximum Gasteiger partial charge on any atom is 0.113 e. The normalized spacial score (nSPS) is 11.0. The fraction of sp³-hybridized carbons (Fsp3) is 0.0769. The van der Waals surface area contributed by atoms with Gasteiger partial charge in [-0.15, -0.1) is 5.10 Å².